The van der Waals surface area contributed by atoms with E-state index in [0.29, 0.717) is 19.8 Å². The summed E-state index contributed by atoms with van der Waals surface area (Å²) in [5.41, 5.74) is 8.68. The van der Waals surface area contributed by atoms with Crippen LogP contribution in [0.5, 0.6) is 11.5 Å². The van der Waals surface area contributed by atoms with Gasteiger partial charge in [-0.05, 0) is 43.7 Å². The summed E-state index contributed by atoms with van der Waals surface area (Å²) in [6.45, 7) is 5.86. The van der Waals surface area contributed by atoms with E-state index in [0.717, 1.165) is 28.4 Å². The van der Waals surface area contributed by atoms with E-state index in [2.05, 4.69) is 5.32 Å². The van der Waals surface area contributed by atoms with Crippen LogP contribution in [0.15, 0.2) is 42.5 Å². The Bertz CT molecular complexity index is 585. The highest BCUT2D eigenvalue weighted by Crippen LogP contribution is 2.30. The fourth-order valence-electron chi connectivity index (χ4n) is 2.07. The van der Waals surface area contributed by atoms with Crippen LogP contribution in [0.1, 0.15) is 19.4 Å². The molecule has 0 heterocycles. The molecule has 0 saturated heterocycles. The molecule has 0 atom stereocenters. The minimum atomic E-state index is 0.610. The molecule has 0 unspecified atom stereocenters. The first kappa shape index (κ1) is 15.0. The zero-order valence-corrected chi connectivity index (χ0v) is 12.6. The van der Waals surface area contributed by atoms with Gasteiger partial charge in [-0.3, -0.25) is 0 Å². The largest absolute Gasteiger partial charge is 0.490 e. The molecule has 2 aromatic rings. The third-order valence-corrected chi connectivity index (χ3v) is 2.99. The Morgan fingerprint density at radius 1 is 0.952 bits per heavy atom. The molecule has 0 aliphatic carbocycles. The van der Waals surface area contributed by atoms with Gasteiger partial charge in [0, 0.05) is 24.0 Å². The highest BCUT2D eigenvalue weighted by atomic mass is 16.5. The summed E-state index contributed by atoms with van der Waals surface area (Å²) in [6, 6.07) is 13.7. The molecule has 112 valence electrons. The summed E-state index contributed by atoms with van der Waals surface area (Å²) in [6.07, 6.45) is 0. The molecule has 0 saturated carbocycles. The van der Waals surface area contributed by atoms with E-state index >= 15 is 0 Å². The number of nitrogens with one attached hydrogen (secondary N) is 1. The molecule has 0 bridgehead atoms. The van der Waals surface area contributed by atoms with E-state index in [-0.39, 0.29) is 0 Å². The van der Waals surface area contributed by atoms with Gasteiger partial charge in [-0.1, -0.05) is 12.1 Å². The van der Waals surface area contributed by atoms with Crippen molar-refractivity contribution >= 4 is 11.4 Å². The van der Waals surface area contributed by atoms with Crippen LogP contribution < -0.4 is 20.5 Å². The topological polar surface area (TPSA) is 56.5 Å². The molecule has 0 aromatic heterocycles. The minimum Gasteiger partial charge on any atom is -0.490 e. The fraction of sp³-hybridized carbons (Fsp3) is 0.294. The summed E-state index contributed by atoms with van der Waals surface area (Å²) < 4.78 is 11.2. The summed E-state index contributed by atoms with van der Waals surface area (Å²) >= 11 is 0. The van der Waals surface area contributed by atoms with Crippen LogP contribution in [0, 0.1) is 0 Å². The number of nitrogens with two attached hydrogens (primary N) is 1. The van der Waals surface area contributed by atoms with Gasteiger partial charge in [0.15, 0.2) is 11.5 Å². The molecule has 4 nitrogen and oxygen atoms in total. The van der Waals surface area contributed by atoms with Crippen molar-refractivity contribution in [1.29, 1.82) is 0 Å². The monoisotopic (exact) mass is 286 g/mol. The van der Waals surface area contributed by atoms with Crippen LogP contribution in [-0.2, 0) is 6.54 Å². The van der Waals surface area contributed by atoms with Gasteiger partial charge in [-0.25, -0.2) is 0 Å². The first-order valence-electron chi connectivity index (χ1n) is 7.20. The predicted molar refractivity (Wildman–Crippen MR) is 87.0 cm³/mol. The number of rotatable bonds is 7. The Balaban J connectivity index is 2.07. The molecule has 21 heavy (non-hydrogen) atoms. The second-order valence-electron chi connectivity index (χ2n) is 4.63. The van der Waals surface area contributed by atoms with Crippen LogP contribution in [0.2, 0.25) is 0 Å². The zero-order valence-electron chi connectivity index (χ0n) is 12.6. The lowest BCUT2D eigenvalue weighted by Crippen LogP contribution is -2.02. The molecule has 0 spiro atoms. The SMILES string of the molecule is CCOc1ccc(NCc2cccc(N)c2)cc1OCC. The van der Waals surface area contributed by atoms with Gasteiger partial charge in [0.1, 0.15) is 0 Å². The average molecular weight is 286 g/mol. The van der Waals surface area contributed by atoms with Gasteiger partial charge in [-0.15, -0.1) is 0 Å². The lowest BCUT2D eigenvalue weighted by Gasteiger charge is -2.13. The molecule has 0 amide bonds. The number of benzene rings is 2. The maximum Gasteiger partial charge on any atom is 0.163 e. The summed E-state index contributed by atoms with van der Waals surface area (Å²) in [5.74, 6) is 1.53. The Morgan fingerprint density at radius 3 is 2.43 bits per heavy atom. The minimum absolute atomic E-state index is 0.610. The van der Waals surface area contributed by atoms with E-state index in [9.17, 15) is 0 Å². The third-order valence-electron chi connectivity index (χ3n) is 2.99. The third kappa shape index (κ3) is 4.31. The number of hydrogen-bond acceptors (Lipinski definition) is 4. The quantitative estimate of drug-likeness (QED) is 0.762. The van der Waals surface area contributed by atoms with Crippen molar-refractivity contribution in [3.8, 4) is 11.5 Å². The molecule has 2 aromatic carbocycles. The van der Waals surface area contributed by atoms with Gasteiger partial charge in [0.2, 0.25) is 0 Å². The zero-order chi connectivity index (χ0) is 15.1. The molecular formula is C17H22N2O2. The van der Waals surface area contributed by atoms with E-state index in [1.807, 2.05) is 56.3 Å². The number of ether oxygens (including phenoxy) is 2. The normalized spacial score (nSPS) is 10.2. The van der Waals surface area contributed by atoms with E-state index in [1.165, 1.54) is 0 Å². The number of nitrogen functional groups attached to an aromatic ring is 1. The Hall–Kier alpha value is -2.36. The van der Waals surface area contributed by atoms with Crippen LogP contribution in [0.3, 0.4) is 0 Å². The predicted octanol–water partition coefficient (Wildman–Crippen LogP) is 3.68. The lowest BCUT2D eigenvalue weighted by atomic mass is 10.2. The maximum absolute atomic E-state index is 5.78. The van der Waals surface area contributed by atoms with Gasteiger partial charge >= 0.3 is 0 Å². The van der Waals surface area contributed by atoms with Crippen molar-refractivity contribution in [2.75, 3.05) is 24.3 Å². The second kappa shape index (κ2) is 7.43. The number of hydrogen-bond donors (Lipinski definition) is 2. The molecule has 0 fully saturated rings. The molecule has 3 N–H and O–H groups in total. The van der Waals surface area contributed by atoms with Crippen molar-refractivity contribution in [3.63, 3.8) is 0 Å². The van der Waals surface area contributed by atoms with Crippen molar-refractivity contribution in [1.82, 2.24) is 0 Å². The lowest BCUT2D eigenvalue weighted by molar-refractivity contribution is 0.288. The standard InChI is InChI=1S/C17H22N2O2/c1-3-20-16-9-8-15(11-17(16)21-4-2)19-12-13-6-5-7-14(18)10-13/h5-11,19H,3-4,12,18H2,1-2H3. The van der Waals surface area contributed by atoms with Crippen LogP contribution in [0.4, 0.5) is 11.4 Å². The van der Waals surface area contributed by atoms with E-state index in [1.54, 1.807) is 0 Å². The summed E-state index contributed by atoms with van der Waals surface area (Å²) in [5, 5.41) is 3.37. The second-order valence-corrected chi connectivity index (χ2v) is 4.63. The van der Waals surface area contributed by atoms with Crippen molar-refractivity contribution in [3.05, 3.63) is 48.0 Å². The first-order valence-corrected chi connectivity index (χ1v) is 7.20. The smallest absolute Gasteiger partial charge is 0.163 e. The maximum atomic E-state index is 5.78. The first-order chi connectivity index (χ1) is 10.2. The van der Waals surface area contributed by atoms with Crippen LogP contribution in [0.25, 0.3) is 0 Å². The van der Waals surface area contributed by atoms with Gasteiger partial charge in [0.05, 0.1) is 13.2 Å². The highest BCUT2D eigenvalue weighted by molar-refractivity contribution is 5.55. The van der Waals surface area contributed by atoms with Gasteiger partial charge in [0.25, 0.3) is 0 Å². The Kier molecular flexibility index (Phi) is 5.32. The molecule has 2 rings (SSSR count). The average Bonchev–Trinajstić information content (AvgIpc) is 2.48. The summed E-state index contributed by atoms with van der Waals surface area (Å²) in [4.78, 5) is 0. The fourth-order valence-corrected chi connectivity index (χ4v) is 2.07. The highest BCUT2D eigenvalue weighted by Gasteiger charge is 2.06. The van der Waals surface area contributed by atoms with Crippen molar-refractivity contribution < 1.29 is 9.47 Å². The summed E-state index contributed by atoms with van der Waals surface area (Å²) in [7, 11) is 0. The Labute approximate surface area is 125 Å². The molecule has 0 aliphatic heterocycles. The Morgan fingerprint density at radius 2 is 1.71 bits per heavy atom. The van der Waals surface area contributed by atoms with E-state index < -0.39 is 0 Å². The van der Waals surface area contributed by atoms with Gasteiger partial charge < -0.3 is 20.5 Å². The molecule has 0 aliphatic rings. The van der Waals surface area contributed by atoms with E-state index in [4.69, 9.17) is 15.2 Å². The molecule has 0 radical (unpaired) electrons. The van der Waals surface area contributed by atoms with Crippen LogP contribution >= 0.6 is 0 Å². The van der Waals surface area contributed by atoms with Crippen LogP contribution in [-0.4, -0.2) is 13.2 Å². The number of anilines is 2. The van der Waals surface area contributed by atoms with Gasteiger partial charge in [-0.2, -0.15) is 0 Å². The van der Waals surface area contributed by atoms with Crippen molar-refractivity contribution in [2.24, 2.45) is 0 Å². The molecular weight excluding hydrogens is 264 g/mol. The van der Waals surface area contributed by atoms with Crippen molar-refractivity contribution in [2.45, 2.75) is 20.4 Å². The molecule has 4 heteroatoms.